The fraction of sp³-hybridized carbons (Fsp3) is 0.462. The lowest BCUT2D eigenvalue weighted by molar-refractivity contribution is 0.0667. The van der Waals surface area contributed by atoms with Crippen molar-refractivity contribution in [3.05, 3.63) is 35.9 Å². The lowest BCUT2D eigenvalue weighted by Gasteiger charge is -2.43. The Kier molecular flexibility index (Phi) is 3.33. The normalized spacial score (nSPS) is 24.6. The Bertz CT molecular complexity index is 394. The van der Waals surface area contributed by atoms with Gasteiger partial charge in [-0.05, 0) is 18.9 Å². The maximum atomic E-state index is 11.3. The summed E-state index contributed by atoms with van der Waals surface area (Å²) in [4.78, 5) is 12.8. The van der Waals surface area contributed by atoms with Crippen molar-refractivity contribution in [1.82, 2.24) is 10.2 Å². The van der Waals surface area contributed by atoms with Gasteiger partial charge in [-0.3, -0.25) is 0 Å². The second kappa shape index (κ2) is 4.75. The van der Waals surface area contributed by atoms with Gasteiger partial charge in [0.25, 0.3) is 0 Å². The van der Waals surface area contributed by atoms with Gasteiger partial charge in [-0.1, -0.05) is 30.3 Å². The van der Waals surface area contributed by atoms with Crippen LogP contribution >= 0.6 is 0 Å². The van der Waals surface area contributed by atoms with Crippen LogP contribution in [0.15, 0.2) is 30.3 Å². The molecule has 0 spiro atoms. The van der Waals surface area contributed by atoms with Crippen molar-refractivity contribution in [3.8, 4) is 0 Å². The molecule has 2 rings (SSSR count). The van der Waals surface area contributed by atoms with E-state index in [4.69, 9.17) is 0 Å². The molecule has 1 atom stereocenters. The molecule has 0 saturated carbocycles. The highest BCUT2D eigenvalue weighted by atomic mass is 16.4. The number of hydrogen-bond donors (Lipinski definition) is 2. The summed E-state index contributed by atoms with van der Waals surface area (Å²) in [6.07, 6.45) is -0.0856. The first-order valence-corrected chi connectivity index (χ1v) is 5.87. The van der Waals surface area contributed by atoms with Crippen molar-refractivity contribution in [3.63, 3.8) is 0 Å². The molecule has 17 heavy (non-hydrogen) atoms. The molecule has 0 aliphatic carbocycles. The average molecular weight is 234 g/mol. The molecule has 1 aliphatic rings. The van der Waals surface area contributed by atoms with E-state index in [2.05, 4.69) is 5.32 Å². The second-order valence-corrected chi connectivity index (χ2v) is 4.77. The monoisotopic (exact) mass is 234 g/mol. The van der Waals surface area contributed by atoms with Crippen molar-refractivity contribution in [2.24, 2.45) is 0 Å². The molecule has 0 aromatic heterocycles. The zero-order valence-electron chi connectivity index (χ0n) is 10.0. The molecule has 1 aromatic carbocycles. The Labute approximate surface area is 101 Å². The van der Waals surface area contributed by atoms with Crippen LogP contribution in [0.25, 0.3) is 0 Å². The lowest BCUT2D eigenvalue weighted by atomic mass is 9.89. The SMILES string of the molecule is CC1(Cc2ccccc2)CNCCN1C(=O)O. The van der Waals surface area contributed by atoms with E-state index in [-0.39, 0.29) is 5.54 Å². The first-order chi connectivity index (χ1) is 8.12. The predicted molar refractivity (Wildman–Crippen MR) is 66.2 cm³/mol. The molecular weight excluding hydrogens is 216 g/mol. The van der Waals surface area contributed by atoms with Gasteiger partial charge in [-0.2, -0.15) is 0 Å². The number of piperazine rings is 1. The third-order valence-electron chi connectivity index (χ3n) is 3.33. The number of carbonyl (C=O) groups is 1. The smallest absolute Gasteiger partial charge is 0.407 e. The predicted octanol–water partition coefficient (Wildman–Crippen LogP) is 1.57. The molecule has 1 amide bonds. The van der Waals surface area contributed by atoms with Crippen LogP contribution in [0, 0.1) is 0 Å². The third kappa shape index (κ3) is 2.58. The van der Waals surface area contributed by atoms with Crippen LogP contribution in [-0.4, -0.2) is 41.3 Å². The van der Waals surface area contributed by atoms with Gasteiger partial charge < -0.3 is 15.3 Å². The molecule has 1 saturated heterocycles. The Balaban J connectivity index is 2.18. The van der Waals surface area contributed by atoms with Gasteiger partial charge in [-0.25, -0.2) is 4.79 Å². The van der Waals surface area contributed by atoms with Crippen LogP contribution in [0.5, 0.6) is 0 Å². The van der Waals surface area contributed by atoms with E-state index in [1.807, 2.05) is 37.3 Å². The molecule has 0 bridgehead atoms. The molecule has 1 unspecified atom stereocenters. The summed E-state index contributed by atoms with van der Waals surface area (Å²) in [5.74, 6) is 0. The van der Waals surface area contributed by atoms with Crippen molar-refractivity contribution in [1.29, 1.82) is 0 Å². The zero-order chi connectivity index (χ0) is 12.3. The Morgan fingerprint density at radius 3 is 2.82 bits per heavy atom. The average Bonchev–Trinajstić information content (AvgIpc) is 2.30. The van der Waals surface area contributed by atoms with Crippen molar-refractivity contribution >= 4 is 6.09 Å². The molecule has 1 heterocycles. The fourth-order valence-electron chi connectivity index (χ4n) is 2.43. The molecule has 1 aliphatic heterocycles. The van der Waals surface area contributed by atoms with E-state index in [1.54, 1.807) is 4.90 Å². The van der Waals surface area contributed by atoms with Gasteiger partial charge in [0, 0.05) is 19.6 Å². The minimum atomic E-state index is -0.829. The van der Waals surface area contributed by atoms with E-state index in [0.29, 0.717) is 13.1 Å². The van der Waals surface area contributed by atoms with Crippen LogP contribution in [-0.2, 0) is 6.42 Å². The zero-order valence-corrected chi connectivity index (χ0v) is 10.0. The molecule has 0 radical (unpaired) electrons. The van der Waals surface area contributed by atoms with Gasteiger partial charge in [0.05, 0.1) is 5.54 Å². The summed E-state index contributed by atoms with van der Waals surface area (Å²) >= 11 is 0. The van der Waals surface area contributed by atoms with Crippen LogP contribution in [0.2, 0.25) is 0 Å². The van der Waals surface area contributed by atoms with Crippen LogP contribution in [0.3, 0.4) is 0 Å². The van der Waals surface area contributed by atoms with Gasteiger partial charge in [0.15, 0.2) is 0 Å². The number of benzene rings is 1. The number of nitrogens with one attached hydrogen (secondary N) is 1. The summed E-state index contributed by atoms with van der Waals surface area (Å²) in [7, 11) is 0. The second-order valence-electron chi connectivity index (χ2n) is 4.77. The highest BCUT2D eigenvalue weighted by molar-refractivity contribution is 5.66. The van der Waals surface area contributed by atoms with E-state index in [9.17, 15) is 9.90 Å². The topological polar surface area (TPSA) is 52.6 Å². The van der Waals surface area contributed by atoms with E-state index in [0.717, 1.165) is 13.0 Å². The van der Waals surface area contributed by atoms with Crippen molar-refractivity contribution in [2.45, 2.75) is 18.9 Å². The number of amides is 1. The first-order valence-electron chi connectivity index (χ1n) is 5.87. The molecule has 4 heteroatoms. The summed E-state index contributed by atoms with van der Waals surface area (Å²) in [5, 5.41) is 12.5. The van der Waals surface area contributed by atoms with Gasteiger partial charge in [0.1, 0.15) is 0 Å². The van der Waals surface area contributed by atoms with E-state index in [1.165, 1.54) is 5.56 Å². The number of rotatable bonds is 2. The fourth-order valence-corrected chi connectivity index (χ4v) is 2.43. The highest BCUT2D eigenvalue weighted by Gasteiger charge is 2.37. The molecular formula is C13H18N2O2. The Morgan fingerprint density at radius 2 is 2.18 bits per heavy atom. The van der Waals surface area contributed by atoms with E-state index < -0.39 is 6.09 Å². The van der Waals surface area contributed by atoms with Gasteiger partial charge in [0.2, 0.25) is 0 Å². The van der Waals surface area contributed by atoms with Crippen LogP contribution in [0.1, 0.15) is 12.5 Å². The maximum absolute atomic E-state index is 11.3. The quantitative estimate of drug-likeness (QED) is 0.816. The summed E-state index contributed by atoms with van der Waals surface area (Å²) in [6.45, 7) is 3.99. The highest BCUT2D eigenvalue weighted by Crippen LogP contribution is 2.22. The van der Waals surface area contributed by atoms with E-state index >= 15 is 0 Å². The standard InChI is InChI=1S/C13H18N2O2/c1-13(9-11-5-3-2-4-6-11)10-14-7-8-15(13)12(16)17/h2-6,14H,7-10H2,1H3,(H,16,17). The van der Waals surface area contributed by atoms with Gasteiger partial charge in [-0.15, -0.1) is 0 Å². The Hall–Kier alpha value is -1.55. The van der Waals surface area contributed by atoms with Crippen LogP contribution < -0.4 is 5.32 Å². The number of carboxylic acid groups (broad SMARTS) is 1. The molecule has 1 fully saturated rings. The molecule has 92 valence electrons. The molecule has 1 aromatic rings. The maximum Gasteiger partial charge on any atom is 0.407 e. The summed E-state index contributed by atoms with van der Waals surface area (Å²) in [6, 6.07) is 10.0. The minimum Gasteiger partial charge on any atom is -0.465 e. The van der Waals surface area contributed by atoms with Gasteiger partial charge >= 0.3 is 6.09 Å². The third-order valence-corrected chi connectivity index (χ3v) is 3.33. The summed E-state index contributed by atoms with van der Waals surface area (Å²) < 4.78 is 0. The molecule has 4 nitrogen and oxygen atoms in total. The van der Waals surface area contributed by atoms with Crippen molar-refractivity contribution in [2.75, 3.05) is 19.6 Å². The molecule has 2 N–H and O–H groups in total. The lowest BCUT2D eigenvalue weighted by Crippen LogP contribution is -2.62. The number of nitrogens with zero attached hydrogens (tertiary/aromatic N) is 1. The number of hydrogen-bond acceptors (Lipinski definition) is 2. The first kappa shape index (κ1) is 11.9. The Morgan fingerprint density at radius 1 is 1.47 bits per heavy atom. The van der Waals surface area contributed by atoms with Crippen LogP contribution in [0.4, 0.5) is 4.79 Å². The largest absolute Gasteiger partial charge is 0.465 e. The minimum absolute atomic E-state index is 0.356. The summed E-state index contributed by atoms with van der Waals surface area (Å²) in [5.41, 5.74) is 0.816. The van der Waals surface area contributed by atoms with Crippen molar-refractivity contribution < 1.29 is 9.90 Å².